The van der Waals surface area contributed by atoms with Crippen molar-refractivity contribution >= 4 is 39.1 Å². The van der Waals surface area contributed by atoms with Crippen molar-refractivity contribution in [2.45, 2.75) is 51.1 Å². The zero-order chi connectivity index (χ0) is 27.9. The number of hydrogen-bond donors (Lipinski definition) is 1. The molecule has 9 heteroatoms. The second-order valence-electron chi connectivity index (χ2n) is 8.96. The summed E-state index contributed by atoms with van der Waals surface area (Å²) in [5, 5.41) is 3.07. The van der Waals surface area contributed by atoms with Crippen LogP contribution in [0.4, 0.5) is 5.69 Å². The largest absolute Gasteiger partial charge is 0.357 e. The van der Waals surface area contributed by atoms with Gasteiger partial charge >= 0.3 is 0 Å². The molecular formula is C29H34ClN3O4S. The standard InChI is InChI=1S/C29H34ClN3O4S/c1-5-22-11-8-10-14-27(22)33(38(36,37)24-17-15-21(3)16-18-24)20-28(34)32(26(6-2)29(35)31-4)19-23-12-7-9-13-25(23)30/h7-18,26H,5-6,19-20H2,1-4H3,(H,31,35)/t26-/m0/s1. The molecule has 2 amide bonds. The van der Waals surface area contributed by atoms with E-state index in [9.17, 15) is 18.0 Å². The summed E-state index contributed by atoms with van der Waals surface area (Å²) in [4.78, 5) is 28.3. The SMILES string of the molecule is CCc1ccccc1N(CC(=O)N(Cc1ccccc1Cl)[C@@H](CC)C(=O)NC)S(=O)(=O)c1ccc(C)cc1. The summed E-state index contributed by atoms with van der Waals surface area (Å²) in [6.07, 6.45) is 0.912. The number of amides is 2. The predicted molar refractivity (Wildman–Crippen MR) is 152 cm³/mol. The molecule has 3 rings (SSSR count). The zero-order valence-electron chi connectivity index (χ0n) is 22.1. The number of rotatable bonds is 11. The number of sulfonamides is 1. The Morgan fingerprint density at radius 1 is 0.921 bits per heavy atom. The number of nitrogens with zero attached hydrogens (tertiary/aromatic N) is 2. The maximum absolute atomic E-state index is 14.0. The lowest BCUT2D eigenvalue weighted by Gasteiger charge is -2.33. The quantitative estimate of drug-likeness (QED) is 0.362. The van der Waals surface area contributed by atoms with Crippen LogP contribution < -0.4 is 9.62 Å². The monoisotopic (exact) mass is 555 g/mol. The summed E-state index contributed by atoms with van der Waals surface area (Å²) in [5.74, 6) is -0.850. The number of aryl methyl sites for hydroxylation is 2. The summed E-state index contributed by atoms with van der Waals surface area (Å²) in [5.41, 5.74) is 2.79. The molecule has 0 saturated heterocycles. The van der Waals surface area contributed by atoms with Gasteiger partial charge in [-0.05, 0) is 55.2 Å². The molecule has 0 spiro atoms. The summed E-state index contributed by atoms with van der Waals surface area (Å²) in [7, 11) is -2.60. The molecule has 0 heterocycles. The average Bonchev–Trinajstić information content (AvgIpc) is 2.92. The van der Waals surface area contributed by atoms with Crippen LogP contribution in [0.15, 0.2) is 77.7 Å². The lowest BCUT2D eigenvalue weighted by atomic mass is 10.1. The van der Waals surface area contributed by atoms with E-state index in [4.69, 9.17) is 11.6 Å². The molecule has 3 aromatic rings. The van der Waals surface area contributed by atoms with E-state index in [-0.39, 0.29) is 17.3 Å². The molecule has 1 atom stereocenters. The van der Waals surface area contributed by atoms with Crippen molar-refractivity contribution in [3.63, 3.8) is 0 Å². The fourth-order valence-corrected chi connectivity index (χ4v) is 5.95. The van der Waals surface area contributed by atoms with Gasteiger partial charge in [-0.25, -0.2) is 8.42 Å². The van der Waals surface area contributed by atoms with Crippen molar-refractivity contribution in [3.05, 3.63) is 94.5 Å². The summed E-state index contributed by atoms with van der Waals surface area (Å²) in [6, 6.07) is 19.9. The Balaban J connectivity index is 2.11. The highest BCUT2D eigenvalue weighted by Gasteiger charge is 2.34. The van der Waals surface area contributed by atoms with E-state index in [1.807, 2.05) is 26.0 Å². The Morgan fingerprint density at radius 3 is 2.11 bits per heavy atom. The lowest BCUT2D eigenvalue weighted by molar-refractivity contribution is -0.140. The third-order valence-corrected chi connectivity index (χ3v) is 8.60. The van der Waals surface area contributed by atoms with E-state index in [2.05, 4.69) is 5.32 Å². The van der Waals surface area contributed by atoms with E-state index < -0.39 is 28.5 Å². The minimum atomic E-state index is -4.11. The molecular weight excluding hydrogens is 522 g/mol. The lowest BCUT2D eigenvalue weighted by Crippen LogP contribution is -2.51. The molecule has 3 aromatic carbocycles. The number of nitrogens with one attached hydrogen (secondary N) is 1. The van der Waals surface area contributed by atoms with Crippen LogP contribution in [0, 0.1) is 6.92 Å². The molecule has 7 nitrogen and oxygen atoms in total. The Labute approximate surface area is 230 Å². The highest BCUT2D eigenvalue weighted by atomic mass is 35.5. The number of carbonyl (C=O) groups is 2. The molecule has 0 fully saturated rings. The molecule has 202 valence electrons. The van der Waals surface area contributed by atoms with E-state index in [1.165, 1.54) is 24.1 Å². The molecule has 0 aromatic heterocycles. The topological polar surface area (TPSA) is 86.8 Å². The molecule has 0 unspecified atom stereocenters. The Bertz CT molecular complexity index is 1380. The summed E-state index contributed by atoms with van der Waals surface area (Å²) >= 11 is 6.40. The van der Waals surface area contributed by atoms with Crippen LogP contribution in [0.1, 0.15) is 37.0 Å². The third kappa shape index (κ3) is 6.55. The van der Waals surface area contributed by atoms with Crippen LogP contribution in [-0.4, -0.2) is 44.8 Å². The van der Waals surface area contributed by atoms with Gasteiger partial charge in [-0.1, -0.05) is 79.5 Å². The number of anilines is 1. The summed E-state index contributed by atoms with van der Waals surface area (Å²) in [6.45, 7) is 5.18. The van der Waals surface area contributed by atoms with E-state index >= 15 is 0 Å². The maximum Gasteiger partial charge on any atom is 0.264 e. The molecule has 1 N–H and O–H groups in total. The average molecular weight is 556 g/mol. The first-order chi connectivity index (χ1) is 18.1. The molecule has 38 heavy (non-hydrogen) atoms. The van der Waals surface area contributed by atoms with Gasteiger partial charge in [0.25, 0.3) is 10.0 Å². The van der Waals surface area contributed by atoms with E-state index in [1.54, 1.807) is 55.5 Å². The van der Waals surface area contributed by atoms with Gasteiger partial charge in [0.2, 0.25) is 11.8 Å². The maximum atomic E-state index is 14.0. The molecule has 0 saturated carbocycles. The van der Waals surface area contributed by atoms with Crippen molar-refractivity contribution in [3.8, 4) is 0 Å². The third-order valence-electron chi connectivity index (χ3n) is 6.46. The summed E-state index contributed by atoms with van der Waals surface area (Å²) < 4.78 is 29.1. The molecule has 0 aliphatic heterocycles. The normalized spacial score (nSPS) is 12.0. The van der Waals surface area contributed by atoms with Gasteiger partial charge in [0.1, 0.15) is 12.6 Å². The number of para-hydroxylation sites is 1. The molecule has 0 bridgehead atoms. The van der Waals surface area contributed by atoms with Gasteiger partial charge in [-0.3, -0.25) is 13.9 Å². The van der Waals surface area contributed by atoms with Gasteiger partial charge in [0.15, 0.2) is 0 Å². The Hall–Kier alpha value is -3.36. The van der Waals surface area contributed by atoms with Crippen LogP contribution in [-0.2, 0) is 32.6 Å². The van der Waals surface area contributed by atoms with Gasteiger partial charge in [-0.15, -0.1) is 0 Å². The van der Waals surface area contributed by atoms with E-state index in [0.29, 0.717) is 29.1 Å². The van der Waals surface area contributed by atoms with Crippen LogP contribution in [0.3, 0.4) is 0 Å². The Morgan fingerprint density at radius 2 is 1.53 bits per heavy atom. The highest BCUT2D eigenvalue weighted by Crippen LogP contribution is 2.29. The minimum Gasteiger partial charge on any atom is -0.357 e. The minimum absolute atomic E-state index is 0.0538. The van der Waals surface area contributed by atoms with Crippen molar-refractivity contribution < 1.29 is 18.0 Å². The fraction of sp³-hybridized carbons (Fsp3) is 0.310. The van der Waals surface area contributed by atoms with Gasteiger partial charge in [0, 0.05) is 18.6 Å². The fourth-order valence-electron chi connectivity index (χ4n) is 4.30. The number of halogens is 1. The van der Waals surface area contributed by atoms with Crippen molar-refractivity contribution in [2.75, 3.05) is 17.9 Å². The zero-order valence-corrected chi connectivity index (χ0v) is 23.7. The van der Waals surface area contributed by atoms with Crippen molar-refractivity contribution in [1.82, 2.24) is 10.2 Å². The number of benzene rings is 3. The van der Waals surface area contributed by atoms with Crippen LogP contribution in [0.2, 0.25) is 5.02 Å². The highest BCUT2D eigenvalue weighted by molar-refractivity contribution is 7.92. The predicted octanol–water partition coefficient (Wildman–Crippen LogP) is 4.96. The van der Waals surface area contributed by atoms with Crippen LogP contribution in [0.25, 0.3) is 0 Å². The first-order valence-electron chi connectivity index (χ1n) is 12.6. The smallest absolute Gasteiger partial charge is 0.264 e. The van der Waals surface area contributed by atoms with Gasteiger partial charge in [-0.2, -0.15) is 0 Å². The Kier molecular flexibility index (Phi) is 9.94. The molecule has 0 aliphatic carbocycles. The molecule has 0 radical (unpaired) electrons. The van der Waals surface area contributed by atoms with Crippen LogP contribution in [0.5, 0.6) is 0 Å². The first-order valence-corrected chi connectivity index (χ1v) is 14.4. The van der Waals surface area contributed by atoms with Crippen molar-refractivity contribution in [2.24, 2.45) is 0 Å². The molecule has 0 aliphatic rings. The number of likely N-dealkylation sites (N-methyl/N-ethyl adjacent to an activating group) is 1. The number of hydrogen-bond acceptors (Lipinski definition) is 4. The first kappa shape index (κ1) is 29.2. The number of carbonyl (C=O) groups excluding carboxylic acids is 2. The van der Waals surface area contributed by atoms with Gasteiger partial charge < -0.3 is 10.2 Å². The van der Waals surface area contributed by atoms with Gasteiger partial charge in [0.05, 0.1) is 10.6 Å². The van der Waals surface area contributed by atoms with E-state index in [0.717, 1.165) is 15.4 Å². The van der Waals surface area contributed by atoms with Crippen LogP contribution >= 0.6 is 11.6 Å². The van der Waals surface area contributed by atoms with Crippen molar-refractivity contribution in [1.29, 1.82) is 0 Å². The second kappa shape index (κ2) is 12.9. The second-order valence-corrected chi connectivity index (χ2v) is 11.2.